The first kappa shape index (κ1) is 11.7. The lowest BCUT2D eigenvalue weighted by Gasteiger charge is -2.14. The Morgan fingerprint density at radius 1 is 0.765 bits per heavy atom. The smallest absolute Gasteiger partial charge is 0.115 e. The van der Waals surface area contributed by atoms with E-state index in [1.807, 2.05) is 19.1 Å². The molecule has 1 heteroatoms. The van der Waals surface area contributed by atoms with Gasteiger partial charge in [0.05, 0.1) is 0 Å². The summed E-state index contributed by atoms with van der Waals surface area (Å²) in [5.74, 6) is 0.327. The van der Waals surface area contributed by atoms with Crippen LogP contribution in [-0.4, -0.2) is 5.11 Å². The largest absolute Gasteiger partial charge is 0.508 e. The number of hydrogen-bond donors (Lipinski definition) is 1. The van der Waals surface area contributed by atoms with Crippen LogP contribution in [0.1, 0.15) is 22.3 Å². The third-order valence-electron chi connectivity index (χ3n) is 3.16. The third-order valence-corrected chi connectivity index (χ3v) is 3.16. The molecule has 2 rings (SSSR count). The second-order valence-electron chi connectivity index (χ2n) is 4.77. The fourth-order valence-corrected chi connectivity index (χ4v) is 2.53. The van der Waals surface area contributed by atoms with E-state index in [4.69, 9.17) is 0 Å². The Balaban J connectivity index is 2.68. The van der Waals surface area contributed by atoms with Crippen molar-refractivity contribution in [2.75, 3.05) is 0 Å². The van der Waals surface area contributed by atoms with Crippen molar-refractivity contribution >= 4 is 0 Å². The zero-order chi connectivity index (χ0) is 12.6. The second kappa shape index (κ2) is 4.25. The Morgan fingerprint density at radius 2 is 1.35 bits per heavy atom. The summed E-state index contributed by atoms with van der Waals surface area (Å²) in [6.07, 6.45) is 0. The van der Waals surface area contributed by atoms with Crippen LogP contribution in [-0.2, 0) is 0 Å². The Labute approximate surface area is 103 Å². The zero-order valence-electron chi connectivity index (χ0n) is 10.8. The predicted molar refractivity (Wildman–Crippen MR) is 72.5 cm³/mol. The van der Waals surface area contributed by atoms with E-state index in [0.29, 0.717) is 5.75 Å². The van der Waals surface area contributed by atoms with Crippen LogP contribution in [0.25, 0.3) is 11.1 Å². The molecule has 0 aliphatic heterocycles. The van der Waals surface area contributed by atoms with Gasteiger partial charge < -0.3 is 5.11 Å². The molecule has 0 amide bonds. The van der Waals surface area contributed by atoms with Gasteiger partial charge in [-0.05, 0) is 67.6 Å². The molecule has 0 saturated heterocycles. The highest BCUT2D eigenvalue weighted by atomic mass is 16.3. The standard InChI is InChI=1S/C16H18O/c1-10-7-12(3)16(13(4)8-10)15-6-5-14(17)9-11(15)2/h5-9,17H,1-4H3. The van der Waals surface area contributed by atoms with Crippen molar-refractivity contribution in [1.82, 2.24) is 0 Å². The van der Waals surface area contributed by atoms with Crippen LogP contribution in [0.4, 0.5) is 0 Å². The normalized spacial score (nSPS) is 10.6. The summed E-state index contributed by atoms with van der Waals surface area (Å²) in [4.78, 5) is 0. The number of phenolic OH excluding ortho intramolecular Hbond substituents is 1. The Bertz CT molecular complexity index is 545. The van der Waals surface area contributed by atoms with E-state index in [2.05, 4.69) is 32.9 Å². The van der Waals surface area contributed by atoms with E-state index < -0.39 is 0 Å². The molecular weight excluding hydrogens is 208 g/mol. The molecule has 0 aliphatic carbocycles. The van der Waals surface area contributed by atoms with Crippen LogP contribution in [0, 0.1) is 27.7 Å². The molecule has 0 aromatic heterocycles. The zero-order valence-corrected chi connectivity index (χ0v) is 10.8. The highest BCUT2D eigenvalue weighted by Gasteiger charge is 2.09. The molecule has 0 heterocycles. The summed E-state index contributed by atoms with van der Waals surface area (Å²) in [5.41, 5.74) is 7.47. The lowest BCUT2D eigenvalue weighted by atomic mass is 9.91. The fourth-order valence-electron chi connectivity index (χ4n) is 2.53. The first-order chi connectivity index (χ1) is 7.99. The number of hydrogen-bond acceptors (Lipinski definition) is 1. The van der Waals surface area contributed by atoms with Crippen molar-refractivity contribution in [3.63, 3.8) is 0 Å². The molecular formula is C16H18O. The van der Waals surface area contributed by atoms with Gasteiger partial charge in [-0.1, -0.05) is 23.8 Å². The van der Waals surface area contributed by atoms with Crippen molar-refractivity contribution in [3.05, 3.63) is 52.6 Å². The van der Waals surface area contributed by atoms with E-state index in [1.54, 1.807) is 6.07 Å². The van der Waals surface area contributed by atoms with Gasteiger partial charge in [0.25, 0.3) is 0 Å². The van der Waals surface area contributed by atoms with Crippen molar-refractivity contribution in [3.8, 4) is 16.9 Å². The summed E-state index contributed by atoms with van der Waals surface area (Å²) >= 11 is 0. The summed E-state index contributed by atoms with van der Waals surface area (Å²) in [6.45, 7) is 8.44. The Kier molecular flexibility index (Phi) is 2.93. The van der Waals surface area contributed by atoms with Crippen LogP contribution in [0.2, 0.25) is 0 Å². The van der Waals surface area contributed by atoms with E-state index in [0.717, 1.165) is 5.56 Å². The molecule has 0 unspecified atom stereocenters. The number of aromatic hydroxyl groups is 1. The molecule has 0 fully saturated rings. The van der Waals surface area contributed by atoms with Crippen molar-refractivity contribution in [2.45, 2.75) is 27.7 Å². The average molecular weight is 226 g/mol. The SMILES string of the molecule is Cc1cc(C)c(-c2ccc(O)cc2C)c(C)c1. The monoisotopic (exact) mass is 226 g/mol. The molecule has 0 aliphatic rings. The summed E-state index contributed by atoms with van der Waals surface area (Å²) in [5, 5.41) is 9.47. The topological polar surface area (TPSA) is 20.2 Å². The number of aryl methyl sites for hydroxylation is 4. The van der Waals surface area contributed by atoms with Gasteiger partial charge in [0, 0.05) is 0 Å². The van der Waals surface area contributed by atoms with Crippen LogP contribution in [0.5, 0.6) is 5.75 Å². The quantitative estimate of drug-likeness (QED) is 0.769. The maximum absolute atomic E-state index is 9.47. The maximum atomic E-state index is 9.47. The lowest BCUT2D eigenvalue weighted by molar-refractivity contribution is 0.475. The Morgan fingerprint density at radius 3 is 1.88 bits per heavy atom. The second-order valence-corrected chi connectivity index (χ2v) is 4.77. The van der Waals surface area contributed by atoms with Crippen LogP contribution in [0.3, 0.4) is 0 Å². The van der Waals surface area contributed by atoms with Gasteiger partial charge in [-0.2, -0.15) is 0 Å². The van der Waals surface area contributed by atoms with Gasteiger partial charge in [-0.3, -0.25) is 0 Å². The molecule has 0 spiro atoms. The number of rotatable bonds is 1. The van der Waals surface area contributed by atoms with Crippen molar-refractivity contribution in [2.24, 2.45) is 0 Å². The number of phenols is 1. The minimum atomic E-state index is 0.327. The average Bonchev–Trinajstić information content (AvgIpc) is 2.19. The molecule has 0 bridgehead atoms. The van der Waals surface area contributed by atoms with Crippen LogP contribution >= 0.6 is 0 Å². The third kappa shape index (κ3) is 2.19. The first-order valence-corrected chi connectivity index (χ1v) is 5.87. The van der Waals surface area contributed by atoms with Gasteiger partial charge in [-0.25, -0.2) is 0 Å². The van der Waals surface area contributed by atoms with Gasteiger partial charge >= 0.3 is 0 Å². The highest BCUT2D eigenvalue weighted by molar-refractivity contribution is 5.74. The maximum Gasteiger partial charge on any atom is 0.115 e. The first-order valence-electron chi connectivity index (χ1n) is 5.87. The minimum Gasteiger partial charge on any atom is -0.508 e. The molecule has 88 valence electrons. The van der Waals surface area contributed by atoms with E-state index >= 15 is 0 Å². The molecule has 17 heavy (non-hydrogen) atoms. The summed E-state index contributed by atoms with van der Waals surface area (Å²) < 4.78 is 0. The van der Waals surface area contributed by atoms with Gasteiger partial charge in [0.2, 0.25) is 0 Å². The van der Waals surface area contributed by atoms with Crippen molar-refractivity contribution in [1.29, 1.82) is 0 Å². The van der Waals surface area contributed by atoms with Crippen LogP contribution in [0.15, 0.2) is 30.3 Å². The van der Waals surface area contributed by atoms with E-state index in [1.165, 1.54) is 27.8 Å². The number of benzene rings is 2. The molecule has 1 nitrogen and oxygen atoms in total. The lowest BCUT2D eigenvalue weighted by Crippen LogP contribution is -1.92. The Hall–Kier alpha value is -1.76. The van der Waals surface area contributed by atoms with Crippen LogP contribution < -0.4 is 0 Å². The molecule has 1 N–H and O–H groups in total. The van der Waals surface area contributed by atoms with Crippen molar-refractivity contribution < 1.29 is 5.11 Å². The van der Waals surface area contributed by atoms with Gasteiger partial charge in [0.15, 0.2) is 0 Å². The predicted octanol–water partition coefficient (Wildman–Crippen LogP) is 4.29. The molecule has 2 aromatic rings. The molecule has 0 saturated carbocycles. The summed E-state index contributed by atoms with van der Waals surface area (Å²) in [7, 11) is 0. The molecule has 0 atom stereocenters. The van der Waals surface area contributed by atoms with E-state index in [-0.39, 0.29) is 0 Å². The van der Waals surface area contributed by atoms with Gasteiger partial charge in [-0.15, -0.1) is 0 Å². The minimum absolute atomic E-state index is 0.327. The molecule has 2 aromatic carbocycles. The fraction of sp³-hybridized carbons (Fsp3) is 0.250. The van der Waals surface area contributed by atoms with E-state index in [9.17, 15) is 5.11 Å². The summed E-state index contributed by atoms with van der Waals surface area (Å²) in [6, 6.07) is 9.97. The molecule has 0 radical (unpaired) electrons. The van der Waals surface area contributed by atoms with Gasteiger partial charge in [0.1, 0.15) is 5.75 Å². The highest BCUT2D eigenvalue weighted by Crippen LogP contribution is 2.32.